The van der Waals surface area contributed by atoms with E-state index in [1.807, 2.05) is 30.8 Å². The third-order valence-corrected chi connectivity index (χ3v) is 3.63. The van der Waals surface area contributed by atoms with Gasteiger partial charge < -0.3 is 15.2 Å². The lowest BCUT2D eigenvalue weighted by molar-refractivity contribution is 0.140. The molecule has 1 aliphatic heterocycles. The molecule has 3 heterocycles. The Morgan fingerprint density at radius 2 is 2.24 bits per heavy atom. The van der Waals surface area contributed by atoms with Crippen LogP contribution in [0.4, 0.5) is 0 Å². The number of rotatable bonds is 4. The summed E-state index contributed by atoms with van der Waals surface area (Å²) in [4.78, 5) is 4.46. The van der Waals surface area contributed by atoms with Crippen LogP contribution < -0.4 is 10.5 Å². The third kappa shape index (κ3) is 3.22. The maximum absolute atomic E-state index is 5.91. The summed E-state index contributed by atoms with van der Waals surface area (Å²) in [6, 6.07) is 4.02. The minimum Gasteiger partial charge on any atom is -0.483 e. The highest BCUT2D eigenvalue weighted by atomic mass is 16.5. The largest absolute Gasteiger partial charge is 0.483 e. The smallest absolute Gasteiger partial charge is 0.157 e. The van der Waals surface area contributed by atoms with E-state index in [0.717, 1.165) is 22.7 Å². The highest BCUT2D eigenvalue weighted by molar-refractivity contribution is 5.22. The van der Waals surface area contributed by atoms with Gasteiger partial charge >= 0.3 is 0 Å². The van der Waals surface area contributed by atoms with Crippen molar-refractivity contribution < 1.29 is 9.47 Å². The van der Waals surface area contributed by atoms with Crippen molar-refractivity contribution in [3.8, 4) is 5.75 Å². The molecule has 0 aromatic carbocycles. The standard InChI is InChI=1S/C15H20N4O2/c1-10-3-4-12(11(2)18-10)6-19-7-13(5-17-19)21-15-9-20-8-14(15)16/h3-5,7,14-15H,6,8-9,16H2,1-2H3/t14-,15+/m0/s1. The number of aryl methyl sites for hydroxylation is 2. The Morgan fingerprint density at radius 1 is 1.38 bits per heavy atom. The first kappa shape index (κ1) is 14.0. The fraction of sp³-hybridized carbons (Fsp3) is 0.467. The fourth-order valence-corrected chi connectivity index (χ4v) is 2.40. The molecule has 3 rings (SSSR count). The molecule has 0 spiro atoms. The van der Waals surface area contributed by atoms with Crippen LogP contribution >= 0.6 is 0 Å². The van der Waals surface area contributed by atoms with Gasteiger partial charge in [0.2, 0.25) is 0 Å². The van der Waals surface area contributed by atoms with Gasteiger partial charge in [0.25, 0.3) is 0 Å². The van der Waals surface area contributed by atoms with Crippen LogP contribution in [0.5, 0.6) is 5.75 Å². The van der Waals surface area contributed by atoms with Crippen molar-refractivity contribution in [2.45, 2.75) is 32.5 Å². The molecule has 1 saturated heterocycles. The van der Waals surface area contributed by atoms with Crippen LogP contribution in [0.3, 0.4) is 0 Å². The first-order chi connectivity index (χ1) is 10.1. The minimum atomic E-state index is -0.0922. The summed E-state index contributed by atoms with van der Waals surface area (Å²) in [5, 5.41) is 4.32. The first-order valence-electron chi connectivity index (χ1n) is 7.07. The molecule has 1 fully saturated rings. The summed E-state index contributed by atoms with van der Waals surface area (Å²) >= 11 is 0. The number of nitrogens with zero attached hydrogens (tertiary/aromatic N) is 3. The van der Waals surface area contributed by atoms with Gasteiger partial charge in [0.15, 0.2) is 5.75 Å². The molecule has 0 aliphatic carbocycles. The lowest BCUT2D eigenvalue weighted by Gasteiger charge is -2.13. The monoisotopic (exact) mass is 288 g/mol. The molecule has 0 radical (unpaired) electrons. The summed E-state index contributed by atoms with van der Waals surface area (Å²) in [5.41, 5.74) is 9.11. The Morgan fingerprint density at radius 3 is 2.95 bits per heavy atom. The van der Waals surface area contributed by atoms with Crippen LogP contribution in [0, 0.1) is 13.8 Å². The molecule has 2 atom stereocenters. The molecule has 0 unspecified atom stereocenters. The minimum absolute atomic E-state index is 0.0723. The van der Waals surface area contributed by atoms with Crippen molar-refractivity contribution in [2.75, 3.05) is 13.2 Å². The predicted molar refractivity (Wildman–Crippen MR) is 78.3 cm³/mol. The van der Waals surface area contributed by atoms with Crippen LogP contribution in [0.25, 0.3) is 0 Å². The summed E-state index contributed by atoms with van der Waals surface area (Å²) in [6.07, 6.45) is 3.50. The predicted octanol–water partition coefficient (Wildman–Crippen LogP) is 1.05. The number of ether oxygens (including phenoxy) is 2. The Bertz CT molecular complexity index is 626. The van der Waals surface area contributed by atoms with Gasteiger partial charge in [0.1, 0.15) is 6.10 Å². The van der Waals surface area contributed by atoms with Gasteiger partial charge in [-0.3, -0.25) is 9.67 Å². The van der Waals surface area contributed by atoms with Crippen molar-refractivity contribution in [1.82, 2.24) is 14.8 Å². The molecule has 21 heavy (non-hydrogen) atoms. The van der Waals surface area contributed by atoms with E-state index in [1.165, 1.54) is 0 Å². The molecule has 2 aromatic rings. The van der Waals surface area contributed by atoms with Gasteiger partial charge in [-0.2, -0.15) is 5.10 Å². The first-order valence-corrected chi connectivity index (χ1v) is 7.07. The van der Waals surface area contributed by atoms with Crippen molar-refractivity contribution in [3.05, 3.63) is 41.5 Å². The zero-order valence-corrected chi connectivity index (χ0v) is 12.3. The van der Waals surface area contributed by atoms with E-state index in [0.29, 0.717) is 19.8 Å². The van der Waals surface area contributed by atoms with Crippen LogP contribution in [-0.2, 0) is 11.3 Å². The van der Waals surface area contributed by atoms with E-state index in [-0.39, 0.29) is 12.1 Å². The van der Waals surface area contributed by atoms with Crippen molar-refractivity contribution >= 4 is 0 Å². The summed E-state index contributed by atoms with van der Waals surface area (Å²) < 4.78 is 12.9. The molecular formula is C15H20N4O2. The maximum atomic E-state index is 5.91. The number of aromatic nitrogens is 3. The summed E-state index contributed by atoms with van der Waals surface area (Å²) in [7, 11) is 0. The highest BCUT2D eigenvalue weighted by Crippen LogP contribution is 2.17. The van der Waals surface area contributed by atoms with Gasteiger partial charge in [-0.1, -0.05) is 6.07 Å². The van der Waals surface area contributed by atoms with Gasteiger partial charge in [0, 0.05) is 11.4 Å². The molecule has 1 aliphatic rings. The fourth-order valence-electron chi connectivity index (χ4n) is 2.40. The van der Waals surface area contributed by atoms with Crippen LogP contribution in [0.1, 0.15) is 17.0 Å². The second-order valence-corrected chi connectivity index (χ2v) is 5.43. The van der Waals surface area contributed by atoms with Crippen LogP contribution in [0.15, 0.2) is 24.5 Å². The average molecular weight is 288 g/mol. The topological polar surface area (TPSA) is 75.2 Å². The quantitative estimate of drug-likeness (QED) is 0.910. The Kier molecular flexibility index (Phi) is 3.90. The number of nitrogens with two attached hydrogens (primary N) is 1. The van der Waals surface area contributed by atoms with Gasteiger partial charge in [-0.25, -0.2) is 0 Å². The van der Waals surface area contributed by atoms with Gasteiger partial charge in [0.05, 0.1) is 38.2 Å². The second-order valence-electron chi connectivity index (χ2n) is 5.43. The molecule has 0 bridgehead atoms. The molecular weight excluding hydrogens is 268 g/mol. The van der Waals surface area contributed by atoms with E-state index >= 15 is 0 Å². The number of pyridine rings is 1. The molecule has 0 saturated carbocycles. The molecule has 112 valence electrons. The van der Waals surface area contributed by atoms with Crippen LogP contribution in [0.2, 0.25) is 0 Å². The highest BCUT2D eigenvalue weighted by Gasteiger charge is 2.26. The normalized spacial score (nSPS) is 21.7. The van der Waals surface area contributed by atoms with Crippen molar-refractivity contribution in [2.24, 2.45) is 5.73 Å². The van der Waals surface area contributed by atoms with E-state index in [9.17, 15) is 0 Å². The molecule has 6 nitrogen and oxygen atoms in total. The summed E-state index contributed by atoms with van der Waals surface area (Å²) in [6.45, 7) is 5.76. The van der Waals surface area contributed by atoms with E-state index in [1.54, 1.807) is 6.20 Å². The maximum Gasteiger partial charge on any atom is 0.157 e. The Hall–Kier alpha value is -1.92. The van der Waals surface area contributed by atoms with Gasteiger partial charge in [-0.05, 0) is 25.5 Å². The van der Waals surface area contributed by atoms with Crippen molar-refractivity contribution in [1.29, 1.82) is 0 Å². The lowest BCUT2D eigenvalue weighted by atomic mass is 10.2. The molecule has 6 heteroatoms. The zero-order chi connectivity index (χ0) is 14.8. The lowest BCUT2D eigenvalue weighted by Crippen LogP contribution is -2.37. The van der Waals surface area contributed by atoms with E-state index < -0.39 is 0 Å². The zero-order valence-electron chi connectivity index (χ0n) is 12.3. The Balaban J connectivity index is 1.67. The molecule has 0 amide bonds. The number of hydrogen-bond donors (Lipinski definition) is 1. The third-order valence-electron chi connectivity index (χ3n) is 3.63. The molecule has 2 aromatic heterocycles. The number of hydrogen-bond acceptors (Lipinski definition) is 5. The van der Waals surface area contributed by atoms with Crippen LogP contribution in [-0.4, -0.2) is 40.1 Å². The van der Waals surface area contributed by atoms with E-state index in [2.05, 4.69) is 16.1 Å². The SMILES string of the molecule is Cc1ccc(Cn2cc(O[C@@H]3COC[C@@H]3N)cn2)c(C)n1. The second kappa shape index (κ2) is 5.83. The average Bonchev–Trinajstić information content (AvgIpc) is 3.04. The molecule has 2 N–H and O–H groups in total. The summed E-state index contributed by atoms with van der Waals surface area (Å²) in [5.74, 6) is 0.721. The van der Waals surface area contributed by atoms with Crippen molar-refractivity contribution in [3.63, 3.8) is 0 Å². The van der Waals surface area contributed by atoms with Gasteiger partial charge in [-0.15, -0.1) is 0 Å². The Labute approximate surface area is 123 Å². The van der Waals surface area contributed by atoms with E-state index in [4.69, 9.17) is 15.2 Å².